The minimum atomic E-state index is -0.501. The van der Waals surface area contributed by atoms with Gasteiger partial charge in [-0.1, -0.05) is 30.3 Å². The van der Waals surface area contributed by atoms with Crippen LogP contribution in [0.5, 0.6) is 0 Å². The van der Waals surface area contributed by atoms with E-state index in [1.165, 1.54) is 6.33 Å². The minimum Gasteiger partial charge on any atom is -0.358 e. The molecule has 0 fully saturated rings. The Kier molecular flexibility index (Phi) is 4.79. The highest BCUT2D eigenvalue weighted by atomic mass is 16.6. The smallest absolute Gasteiger partial charge is 0.353 e. The number of anilines is 3. The Bertz CT molecular complexity index is 858. The molecule has 3 aromatic rings. The highest BCUT2D eigenvalue weighted by molar-refractivity contribution is 5.73. The van der Waals surface area contributed by atoms with E-state index in [4.69, 9.17) is 0 Å². The van der Waals surface area contributed by atoms with E-state index >= 15 is 0 Å². The van der Waals surface area contributed by atoms with Crippen molar-refractivity contribution in [1.29, 1.82) is 0 Å². The van der Waals surface area contributed by atoms with Gasteiger partial charge in [0, 0.05) is 6.20 Å². The summed E-state index contributed by atoms with van der Waals surface area (Å²) < 4.78 is 0. The maximum Gasteiger partial charge on any atom is 0.353 e. The van der Waals surface area contributed by atoms with E-state index in [1.807, 2.05) is 37.3 Å². The molecule has 0 amide bonds. The first kappa shape index (κ1) is 16.3. The molecule has 0 bridgehead atoms. The fraction of sp³-hybridized carbons (Fsp3) is 0.118. The Morgan fingerprint density at radius 3 is 2.52 bits per heavy atom. The van der Waals surface area contributed by atoms with Crippen molar-refractivity contribution in [3.8, 4) is 0 Å². The summed E-state index contributed by atoms with van der Waals surface area (Å²) in [6.45, 7) is 1.91. The lowest BCUT2D eigenvalue weighted by molar-refractivity contribution is -0.383. The summed E-state index contributed by atoms with van der Waals surface area (Å²) >= 11 is 0. The molecule has 3 rings (SSSR count). The first-order valence-corrected chi connectivity index (χ1v) is 7.63. The van der Waals surface area contributed by atoms with Gasteiger partial charge in [-0.2, -0.15) is 0 Å². The van der Waals surface area contributed by atoms with Gasteiger partial charge in [0.25, 0.3) is 0 Å². The number of hydrogen-bond donors (Lipinski definition) is 2. The van der Waals surface area contributed by atoms with Gasteiger partial charge in [-0.3, -0.25) is 15.1 Å². The van der Waals surface area contributed by atoms with Gasteiger partial charge in [-0.05, 0) is 24.6 Å². The lowest BCUT2D eigenvalue weighted by Crippen LogP contribution is -2.11. The zero-order valence-electron chi connectivity index (χ0n) is 13.5. The maximum absolute atomic E-state index is 11.6. The predicted octanol–water partition coefficient (Wildman–Crippen LogP) is 3.70. The molecular formula is C17H16N6O2. The van der Waals surface area contributed by atoms with Crippen molar-refractivity contribution in [1.82, 2.24) is 15.0 Å². The lowest BCUT2D eigenvalue weighted by Gasteiger charge is -2.15. The van der Waals surface area contributed by atoms with Crippen LogP contribution in [0, 0.1) is 10.1 Å². The molecule has 0 aliphatic rings. The van der Waals surface area contributed by atoms with Gasteiger partial charge >= 0.3 is 5.69 Å². The Balaban J connectivity index is 1.91. The Morgan fingerprint density at radius 1 is 1.08 bits per heavy atom. The number of hydrogen-bond acceptors (Lipinski definition) is 7. The molecule has 1 aromatic carbocycles. The van der Waals surface area contributed by atoms with Gasteiger partial charge in [0.2, 0.25) is 11.6 Å². The Labute approximate surface area is 144 Å². The van der Waals surface area contributed by atoms with Crippen molar-refractivity contribution in [3.63, 3.8) is 0 Å². The standard InChI is InChI=1S/C17H16N6O2/c1-12(13-6-3-2-4-7-13)21-16-15(23(24)25)17(20-11-19-16)22-14-8-5-9-18-10-14/h2-12H,1H3,(H2,19,20,21,22). The van der Waals surface area contributed by atoms with Crippen molar-refractivity contribution >= 4 is 23.0 Å². The number of rotatable bonds is 6. The summed E-state index contributed by atoms with van der Waals surface area (Å²) in [6.07, 6.45) is 4.46. The van der Waals surface area contributed by atoms with Crippen LogP contribution in [0.3, 0.4) is 0 Å². The van der Waals surface area contributed by atoms with E-state index in [0.717, 1.165) is 5.56 Å². The molecule has 0 aliphatic carbocycles. The summed E-state index contributed by atoms with van der Waals surface area (Å²) in [5, 5.41) is 17.6. The number of nitro groups is 1. The summed E-state index contributed by atoms with van der Waals surface area (Å²) in [5.41, 5.74) is 1.39. The third kappa shape index (κ3) is 3.86. The van der Waals surface area contributed by atoms with Crippen molar-refractivity contribution in [2.45, 2.75) is 13.0 Å². The number of aromatic nitrogens is 3. The molecule has 8 nitrogen and oxygen atoms in total. The van der Waals surface area contributed by atoms with Crippen LogP contribution in [0.15, 0.2) is 61.2 Å². The molecule has 126 valence electrons. The number of pyridine rings is 1. The van der Waals surface area contributed by atoms with Crippen molar-refractivity contribution in [2.75, 3.05) is 10.6 Å². The molecule has 0 aliphatic heterocycles. The monoisotopic (exact) mass is 336 g/mol. The SMILES string of the molecule is CC(Nc1ncnc(Nc2cccnc2)c1[N+](=O)[O-])c1ccccc1. The molecule has 0 spiro atoms. The van der Waals surface area contributed by atoms with Crippen LogP contribution in [0.2, 0.25) is 0 Å². The third-order valence-corrected chi connectivity index (χ3v) is 3.58. The minimum absolute atomic E-state index is 0.107. The molecule has 0 radical (unpaired) electrons. The molecule has 2 aromatic heterocycles. The van der Waals surface area contributed by atoms with Gasteiger partial charge in [-0.15, -0.1) is 0 Å². The van der Waals surface area contributed by atoms with Crippen molar-refractivity contribution in [2.24, 2.45) is 0 Å². The highest BCUT2D eigenvalue weighted by Crippen LogP contribution is 2.32. The van der Waals surface area contributed by atoms with Crippen LogP contribution >= 0.6 is 0 Å². The lowest BCUT2D eigenvalue weighted by atomic mass is 10.1. The molecule has 2 heterocycles. The van der Waals surface area contributed by atoms with Crippen LogP contribution in [0.4, 0.5) is 23.0 Å². The fourth-order valence-corrected chi connectivity index (χ4v) is 2.35. The Hall–Kier alpha value is -3.55. The van der Waals surface area contributed by atoms with E-state index < -0.39 is 4.92 Å². The van der Waals surface area contributed by atoms with E-state index in [0.29, 0.717) is 5.69 Å². The third-order valence-electron chi connectivity index (χ3n) is 3.58. The predicted molar refractivity (Wildman–Crippen MR) is 94.7 cm³/mol. The van der Waals surface area contributed by atoms with E-state index in [-0.39, 0.29) is 23.4 Å². The summed E-state index contributed by atoms with van der Waals surface area (Å²) in [7, 11) is 0. The number of benzene rings is 1. The first-order chi connectivity index (χ1) is 12.1. The number of nitrogens with zero attached hydrogens (tertiary/aromatic N) is 4. The summed E-state index contributed by atoms with van der Waals surface area (Å²) in [6, 6.07) is 13.0. The quantitative estimate of drug-likeness (QED) is 0.522. The molecule has 0 saturated carbocycles. The highest BCUT2D eigenvalue weighted by Gasteiger charge is 2.24. The van der Waals surface area contributed by atoms with Crippen molar-refractivity contribution < 1.29 is 4.92 Å². The molecule has 25 heavy (non-hydrogen) atoms. The second-order valence-corrected chi connectivity index (χ2v) is 5.32. The van der Waals surface area contributed by atoms with Gasteiger partial charge in [0.1, 0.15) is 6.33 Å². The molecular weight excluding hydrogens is 320 g/mol. The largest absolute Gasteiger partial charge is 0.358 e. The van der Waals surface area contributed by atoms with E-state index in [9.17, 15) is 10.1 Å². The average Bonchev–Trinajstić information content (AvgIpc) is 2.63. The maximum atomic E-state index is 11.6. The molecule has 0 saturated heterocycles. The summed E-state index contributed by atoms with van der Waals surface area (Å²) in [5.74, 6) is 0.263. The van der Waals surface area contributed by atoms with Crippen LogP contribution in [-0.4, -0.2) is 19.9 Å². The zero-order valence-corrected chi connectivity index (χ0v) is 13.5. The molecule has 2 N–H and O–H groups in total. The number of nitrogens with one attached hydrogen (secondary N) is 2. The summed E-state index contributed by atoms with van der Waals surface area (Å²) in [4.78, 5) is 23.1. The zero-order chi connectivity index (χ0) is 17.6. The molecule has 1 atom stereocenters. The average molecular weight is 336 g/mol. The molecule has 1 unspecified atom stereocenters. The second kappa shape index (κ2) is 7.35. The second-order valence-electron chi connectivity index (χ2n) is 5.32. The van der Waals surface area contributed by atoms with Crippen LogP contribution < -0.4 is 10.6 Å². The topological polar surface area (TPSA) is 106 Å². The van der Waals surface area contributed by atoms with Gasteiger partial charge in [-0.25, -0.2) is 9.97 Å². The Morgan fingerprint density at radius 2 is 1.84 bits per heavy atom. The van der Waals surface area contributed by atoms with Crippen molar-refractivity contribution in [3.05, 3.63) is 76.9 Å². The van der Waals surface area contributed by atoms with Crippen LogP contribution in [0.25, 0.3) is 0 Å². The van der Waals surface area contributed by atoms with Gasteiger partial charge in [0.05, 0.1) is 22.8 Å². The first-order valence-electron chi connectivity index (χ1n) is 7.63. The van der Waals surface area contributed by atoms with Crippen LogP contribution in [0.1, 0.15) is 18.5 Å². The van der Waals surface area contributed by atoms with Crippen LogP contribution in [-0.2, 0) is 0 Å². The van der Waals surface area contributed by atoms with Gasteiger partial charge < -0.3 is 10.6 Å². The van der Waals surface area contributed by atoms with Gasteiger partial charge in [0.15, 0.2) is 0 Å². The van der Waals surface area contributed by atoms with E-state index in [1.54, 1.807) is 24.5 Å². The van der Waals surface area contributed by atoms with E-state index in [2.05, 4.69) is 25.6 Å². The normalized spacial score (nSPS) is 11.6. The fourth-order valence-electron chi connectivity index (χ4n) is 2.35. The molecule has 8 heteroatoms.